The van der Waals surface area contributed by atoms with Crippen LogP contribution in [0.4, 0.5) is 5.69 Å². The van der Waals surface area contributed by atoms with Crippen LogP contribution in [-0.2, 0) is 9.73 Å². The highest BCUT2D eigenvalue weighted by atomic mass is 32.2. The van der Waals surface area contributed by atoms with Gasteiger partial charge in [0.25, 0.3) is 0 Å². The van der Waals surface area contributed by atoms with Crippen LogP contribution in [0.25, 0.3) is 49.0 Å². The first-order chi connectivity index (χ1) is 18.0. The lowest BCUT2D eigenvalue weighted by atomic mass is 9.91. The van der Waals surface area contributed by atoms with Gasteiger partial charge in [0.1, 0.15) is 9.73 Å². The summed E-state index contributed by atoms with van der Waals surface area (Å²) < 4.78 is 18.6. The summed E-state index contributed by atoms with van der Waals surface area (Å²) in [6.07, 6.45) is 5.41. The van der Waals surface area contributed by atoms with E-state index in [1.807, 2.05) is 26.0 Å². The maximum Gasteiger partial charge on any atom is 0.104 e. The van der Waals surface area contributed by atoms with Gasteiger partial charge >= 0.3 is 0 Å². The zero-order valence-corrected chi connectivity index (χ0v) is 21.8. The second-order valence-corrected chi connectivity index (χ2v) is 11.7. The fourth-order valence-electron chi connectivity index (χ4n) is 5.43. The molecule has 0 aliphatic carbocycles. The van der Waals surface area contributed by atoms with Crippen molar-refractivity contribution in [2.45, 2.75) is 13.8 Å². The zero-order chi connectivity index (χ0) is 25.7. The van der Waals surface area contributed by atoms with Gasteiger partial charge in [0.05, 0.1) is 5.69 Å². The van der Waals surface area contributed by atoms with Crippen LogP contribution in [0.5, 0.6) is 0 Å². The molecule has 1 atom stereocenters. The summed E-state index contributed by atoms with van der Waals surface area (Å²) in [5.41, 5.74) is 4.72. The first-order valence-corrected chi connectivity index (χ1v) is 13.9. The summed E-state index contributed by atoms with van der Waals surface area (Å²) in [6, 6.07) is 30.1. The topological polar surface area (TPSA) is 29.4 Å². The Bertz CT molecular complexity index is 1950. The summed E-state index contributed by atoms with van der Waals surface area (Å²) in [7, 11) is -2.78. The molecular weight excluding hydrogens is 470 g/mol. The van der Waals surface area contributed by atoms with E-state index in [-0.39, 0.29) is 0 Å². The molecule has 1 aliphatic rings. The monoisotopic (exact) mass is 497 g/mol. The fourth-order valence-corrected chi connectivity index (χ4v) is 7.33. The average molecular weight is 498 g/mol. The summed E-state index contributed by atoms with van der Waals surface area (Å²) >= 11 is 0. The third kappa shape index (κ3) is 3.50. The lowest BCUT2D eigenvalue weighted by Gasteiger charge is -2.22. The Morgan fingerprint density at radius 3 is 1.92 bits per heavy atom. The van der Waals surface area contributed by atoms with Gasteiger partial charge in [0.15, 0.2) is 0 Å². The van der Waals surface area contributed by atoms with Crippen LogP contribution in [0.1, 0.15) is 19.4 Å². The van der Waals surface area contributed by atoms with Crippen LogP contribution in [0.3, 0.4) is 0 Å². The van der Waals surface area contributed by atoms with Crippen LogP contribution in [0.15, 0.2) is 130 Å². The Morgan fingerprint density at radius 1 is 0.784 bits per heavy atom. The number of rotatable bonds is 4. The van der Waals surface area contributed by atoms with E-state index in [4.69, 9.17) is 4.36 Å². The Balaban J connectivity index is 1.58. The molecule has 180 valence electrons. The molecule has 0 N–H and O–H groups in total. The van der Waals surface area contributed by atoms with Crippen molar-refractivity contribution >= 4 is 53.3 Å². The molecule has 3 heteroatoms. The molecule has 0 radical (unpaired) electrons. The van der Waals surface area contributed by atoms with Crippen molar-refractivity contribution in [3.05, 3.63) is 132 Å². The number of benzene rings is 5. The highest BCUT2D eigenvalue weighted by Crippen LogP contribution is 2.43. The molecule has 1 aliphatic heterocycles. The fraction of sp³-hybridized carbons (Fsp3) is 0.0588. The van der Waals surface area contributed by atoms with E-state index in [0.29, 0.717) is 15.5 Å². The van der Waals surface area contributed by atoms with E-state index in [9.17, 15) is 4.21 Å². The molecule has 0 amide bonds. The lowest BCUT2D eigenvalue weighted by molar-refractivity contribution is 0.685. The molecule has 2 nitrogen and oxygen atoms in total. The Labute approximate surface area is 218 Å². The molecule has 1 unspecified atom stereocenters. The largest absolute Gasteiger partial charge is 0.240 e. The predicted molar refractivity (Wildman–Crippen MR) is 161 cm³/mol. The van der Waals surface area contributed by atoms with Crippen LogP contribution in [0, 0.1) is 0 Å². The summed E-state index contributed by atoms with van der Waals surface area (Å²) in [5.74, 6) is 0. The minimum absolute atomic E-state index is 0.509. The zero-order valence-electron chi connectivity index (χ0n) is 21.0. The van der Waals surface area contributed by atoms with E-state index < -0.39 is 9.73 Å². The van der Waals surface area contributed by atoms with Gasteiger partial charge < -0.3 is 0 Å². The van der Waals surface area contributed by atoms with E-state index >= 15 is 0 Å². The van der Waals surface area contributed by atoms with E-state index in [1.165, 1.54) is 32.3 Å². The normalized spacial score (nSPS) is 17.4. The highest BCUT2D eigenvalue weighted by Gasteiger charge is 2.25. The highest BCUT2D eigenvalue weighted by molar-refractivity contribution is 8.01. The van der Waals surface area contributed by atoms with Crippen molar-refractivity contribution in [1.29, 1.82) is 0 Å². The quantitative estimate of drug-likeness (QED) is 0.179. The molecule has 0 saturated carbocycles. The molecule has 5 aromatic carbocycles. The number of fused-ring (bicyclic) bond motifs is 7. The first kappa shape index (κ1) is 23.2. The van der Waals surface area contributed by atoms with Gasteiger partial charge in [0, 0.05) is 15.4 Å². The van der Waals surface area contributed by atoms with E-state index in [1.54, 1.807) is 12.2 Å². The summed E-state index contributed by atoms with van der Waals surface area (Å²) in [4.78, 5) is 1.21. The van der Waals surface area contributed by atoms with Gasteiger partial charge in [0.2, 0.25) is 0 Å². The SMILES string of the molecule is C=CC1=C(C)S(=O)(C(=C)/C=C\C)=Nc2ccc(-c3ccc4c5ccccc5c5ccccc5c4c3)cc21. The van der Waals surface area contributed by atoms with Crippen molar-refractivity contribution in [2.24, 2.45) is 4.36 Å². The second-order valence-electron chi connectivity index (χ2n) is 9.34. The van der Waals surface area contributed by atoms with Crippen molar-refractivity contribution < 1.29 is 4.21 Å². The maximum atomic E-state index is 13.9. The molecule has 0 saturated heterocycles. The minimum atomic E-state index is -2.78. The Hall–Kier alpha value is -4.21. The predicted octanol–water partition coefficient (Wildman–Crippen LogP) is 9.93. The molecule has 0 fully saturated rings. The third-order valence-electron chi connectivity index (χ3n) is 7.30. The number of hydrogen-bond donors (Lipinski definition) is 0. The third-order valence-corrected chi connectivity index (χ3v) is 9.65. The number of nitrogens with zero attached hydrogens (tertiary/aromatic N) is 1. The van der Waals surface area contributed by atoms with Crippen LogP contribution in [-0.4, -0.2) is 4.21 Å². The minimum Gasteiger partial charge on any atom is -0.240 e. The smallest absolute Gasteiger partial charge is 0.104 e. The van der Waals surface area contributed by atoms with Crippen molar-refractivity contribution in [3.8, 4) is 11.1 Å². The lowest BCUT2D eigenvalue weighted by Crippen LogP contribution is -2.08. The molecule has 37 heavy (non-hydrogen) atoms. The van der Waals surface area contributed by atoms with Gasteiger partial charge in [-0.05, 0) is 87.1 Å². The molecule has 0 aromatic heterocycles. The first-order valence-electron chi connectivity index (χ1n) is 12.4. The van der Waals surface area contributed by atoms with Crippen molar-refractivity contribution in [1.82, 2.24) is 0 Å². The average Bonchev–Trinajstić information content (AvgIpc) is 2.93. The standard InChI is InChI=1S/C34H27NOS/c1-5-11-22(3)37(36)23(4)26(6-2)33-21-25(17-19-34(33)35-37)24-16-18-31-29-14-8-7-12-27(29)28-13-9-10-15-30(28)32(31)20-24/h5-21H,2-3H2,1,4H3/b11-5-. The van der Waals surface area contributed by atoms with E-state index in [2.05, 4.69) is 92.0 Å². The maximum absolute atomic E-state index is 13.9. The Kier molecular flexibility index (Phi) is 5.47. The second kappa shape index (κ2) is 8.72. The van der Waals surface area contributed by atoms with E-state index in [0.717, 1.165) is 22.3 Å². The van der Waals surface area contributed by atoms with Gasteiger partial charge in [-0.3, -0.25) is 0 Å². The summed E-state index contributed by atoms with van der Waals surface area (Å²) in [5, 5.41) is 7.52. The molecular formula is C34H27NOS. The van der Waals surface area contributed by atoms with Crippen LogP contribution < -0.4 is 0 Å². The van der Waals surface area contributed by atoms with Gasteiger partial charge in [-0.1, -0.05) is 92.0 Å². The number of allylic oxidation sites excluding steroid dienone is 5. The van der Waals surface area contributed by atoms with Crippen LogP contribution >= 0.6 is 0 Å². The van der Waals surface area contributed by atoms with Crippen molar-refractivity contribution in [3.63, 3.8) is 0 Å². The molecule has 6 rings (SSSR count). The number of hydrogen-bond acceptors (Lipinski definition) is 2. The Morgan fingerprint density at radius 2 is 1.32 bits per heavy atom. The van der Waals surface area contributed by atoms with Gasteiger partial charge in [-0.15, -0.1) is 0 Å². The molecule has 1 heterocycles. The van der Waals surface area contributed by atoms with Gasteiger partial charge in [-0.25, -0.2) is 4.21 Å². The van der Waals surface area contributed by atoms with Crippen molar-refractivity contribution in [2.75, 3.05) is 0 Å². The summed E-state index contributed by atoms with van der Waals surface area (Å²) in [6.45, 7) is 11.9. The molecule has 0 bridgehead atoms. The molecule has 5 aromatic rings. The van der Waals surface area contributed by atoms with Gasteiger partial charge in [-0.2, -0.15) is 4.36 Å². The van der Waals surface area contributed by atoms with Crippen LogP contribution in [0.2, 0.25) is 0 Å². The molecule has 0 spiro atoms.